The lowest BCUT2D eigenvalue weighted by Gasteiger charge is -1.99. The van der Waals surface area contributed by atoms with Crippen LogP contribution in [0, 0.1) is 0 Å². The number of rotatable bonds is 5. The van der Waals surface area contributed by atoms with E-state index in [1.807, 2.05) is 5.48 Å². The zero-order valence-electron chi connectivity index (χ0n) is 5.67. The third-order valence-electron chi connectivity index (χ3n) is 0.803. The second-order valence-electron chi connectivity index (χ2n) is 1.63. The Hall–Kier alpha value is -0.870. The first-order chi connectivity index (χ1) is 4.81. The van der Waals surface area contributed by atoms with Crippen molar-refractivity contribution in [2.24, 2.45) is 0 Å². The summed E-state index contributed by atoms with van der Waals surface area (Å²) in [6, 6.07) is 0. The molecule has 0 spiro atoms. The van der Waals surface area contributed by atoms with E-state index in [0.717, 1.165) is 0 Å². The summed E-state index contributed by atoms with van der Waals surface area (Å²) in [5.41, 5.74) is 1.85. The Labute approximate surface area is 59.4 Å². The minimum absolute atomic E-state index is 0.171. The minimum atomic E-state index is -0.346. The van der Waals surface area contributed by atoms with Gasteiger partial charge in [0.1, 0.15) is 6.61 Å². The quantitative estimate of drug-likeness (QED) is 0.327. The number of carbonyl (C=O) groups is 1. The van der Waals surface area contributed by atoms with E-state index in [-0.39, 0.29) is 25.5 Å². The molecule has 0 unspecified atom stereocenters. The monoisotopic (exact) mass is 145 g/mol. The van der Waals surface area contributed by atoms with Crippen LogP contribution in [0.4, 0.5) is 0 Å². The van der Waals surface area contributed by atoms with E-state index in [2.05, 4.69) is 11.3 Å². The molecule has 4 heteroatoms. The lowest BCUT2D eigenvalue weighted by Crippen LogP contribution is -2.15. The van der Waals surface area contributed by atoms with Crippen molar-refractivity contribution in [2.75, 3.05) is 13.2 Å². The highest BCUT2D eigenvalue weighted by Crippen LogP contribution is 1.83. The van der Waals surface area contributed by atoms with Crippen LogP contribution in [0.15, 0.2) is 12.7 Å². The highest BCUT2D eigenvalue weighted by Gasteiger charge is 1.98. The summed E-state index contributed by atoms with van der Waals surface area (Å²) >= 11 is 0. The van der Waals surface area contributed by atoms with Crippen molar-refractivity contribution in [1.82, 2.24) is 5.48 Å². The molecular formula is C6H11NO3. The van der Waals surface area contributed by atoms with Crippen LogP contribution >= 0.6 is 0 Å². The van der Waals surface area contributed by atoms with E-state index in [4.69, 9.17) is 5.21 Å². The third kappa shape index (κ3) is 5.27. The number of hydroxylamine groups is 1. The van der Waals surface area contributed by atoms with Gasteiger partial charge in [-0.2, -0.15) is 0 Å². The molecule has 4 nitrogen and oxygen atoms in total. The maximum atomic E-state index is 10.5. The molecule has 0 saturated heterocycles. The maximum absolute atomic E-state index is 10.5. The first kappa shape index (κ1) is 9.13. The molecule has 0 aliphatic heterocycles. The normalized spacial score (nSPS) is 8.90. The highest BCUT2D eigenvalue weighted by atomic mass is 16.5. The number of ether oxygens (including phenoxy) is 1. The van der Waals surface area contributed by atoms with Crippen LogP contribution in [0.25, 0.3) is 0 Å². The van der Waals surface area contributed by atoms with Gasteiger partial charge in [-0.25, -0.2) is 5.48 Å². The van der Waals surface area contributed by atoms with Crippen molar-refractivity contribution < 1.29 is 14.7 Å². The molecule has 0 bridgehead atoms. The molecule has 58 valence electrons. The van der Waals surface area contributed by atoms with Gasteiger partial charge in [-0.1, -0.05) is 12.7 Å². The first-order valence-electron chi connectivity index (χ1n) is 2.94. The molecule has 0 heterocycles. The van der Waals surface area contributed by atoms with Gasteiger partial charge in [-0.15, -0.1) is 0 Å². The zero-order chi connectivity index (χ0) is 7.82. The van der Waals surface area contributed by atoms with E-state index in [9.17, 15) is 4.79 Å². The van der Waals surface area contributed by atoms with Crippen molar-refractivity contribution in [2.45, 2.75) is 6.42 Å². The first-order valence-corrected chi connectivity index (χ1v) is 2.94. The van der Waals surface area contributed by atoms with Crippen LogP contribution in [0.3, 0.4) is 0 Å². The smallest absolute Gasteiger partial charge is 0.307 e. The van der Waals surface area contributed by atoms with E-state index in [0.29, 0.717) is 0 Å². The average Bonchev–Trinajstić information content (AvgIpc) is 1.97. The summed E-state index contributed by atoms with van der Waals surface area (Å²) in [5.74, 6) is -0.346. The molecule has 0 aliphatic rings. The van der Waals surface area contributed by atoms with Crippen LogP contribution < -0.4 is 5.48 Å². The lowest BCUT2D eigenvalue weighted by molar-refractivity contribution is -0.142. The van der Waals surface area contributed by atoms with Crippen molar-refractivity contribution in [3.8, 4) is 0 Å². The van der Waals surface area contributed by atoms with Crippen LogP contribution in [-0.2, 0) is 9.53 Å². The number of nitrogens with one attached hydrogen (secondary N) is 1. The molecular weight excluding hydrogens is 134 g/mol. The Morgan fingerprint density at radius 2 is 2.50 bits per heavy atom. The van der Waals surface area contributed by atoms with E-state index in [1.165, 1.54) is 6.08 Å². The van der Waals surface area contributed by atoms with Crippen molar-refractivity contribution >= 4 is 5.97 Å². The van der Waals surface area contributed by atoms with E-state index >= 15 is 0 Å². The predicted molar refractivity (Wildman–Crippen MR) is 35.6 cm³/mol. The number of esters is 1. The Bertz CT molecular complexity index is 114. The lowest BCUT2D eigenvalue weighted by atomic mass is 10.4. The minimum Gasteiger partial charge on any atom is -0.461 e. The third-order valence-corrected chi connectivity index (χ3v) is 0.803. The molecule has 0 fully saturated rings. The van der Waals surface area contributed by atoms with Gasteiger partial charge < -0.3 is 9.94 Å². The van der Waals surface area contributed by atoms with Gasteiger partial charge in [0, 0.05) is 6.54 Å². The summed E-state index contributed by atoms with van der Waals surface area (Å²) in [6.45, 7) is 3.82. The van der Waals surface area contributed by atoms with Gasteiger partial charge in [0.05, 0.1) is 6.42 Å². The van der Waals surface area contributed by atoms with Gasteiger partial charge in [0.15, 0.2) is 0 Å². The fraction of sp³-hybridized carbons (Fsp3) is 0.500. The van der Waals surface area contributed by atoms with Gasteiger partial charge in [-0.3, -0.25) is 4.79 Å². The molecule has 0 amide bonds. The Kier molecular flexibility index (Phi) is 5.71. The highest BCUT2D eigenvalue weighted by molar-refractivity contribution is 5.69. The van der Waals surface area contributed by atoms with Gasteiger partial charge in [0.2, 0.25) is 0 Å². The number of hydrogen-bond acceptors (Lipinski definition) is 4. The predicted octanol–water partition coefficient (Wildman–Crippen LogP) is 0.0845. The largest absolute Gasteiger partial charge is 0.461 e. The van der Waals surface area contributed by atoms with Crippen LogP contribution in [0.2, 0.25) is 0 Å². The van der Waals surface area contributed by atoms with Crippen LogP contribution in [0.5, 0.6) is 0 Å². The average molecular weight is 145 g/mol. The molecule has 0 aromatic carbocycles. The maximum Gasteiger partial charge on any atom is 0.307 e. The SMILES string of the molecule is C=CCOC(=O)CCNO. The molecule has 0 saturated carbocycles. The molecule has 0 rings (SSSR count). The summed E-state index contributed by atoms with van der Waals surface area (Å²) in [7, 11) is 0. The van der Waals surface area contributed by atoms with Gasteiger partial charge in [-0.05, 0) is 0 Å². The molecule has 0 atom stereocenters. The number of carbonyl (C=O) groups excluding carboxylic acids is 1. The fourth-order valence-corrected chi connectivity index (χ4v) is 0.382. The summed E-state index contributed by atoms with van der Waals surface area (Å²) in [6.07, 6.45) is 1.66. The Balaban J connectivity index is 3.16. The summed E-state index contributed by atoms with van der Waals surface area (Å²) in [4.78, 5) is 10.5. The van der Waals surface area contributed by atoms with Crippen LogP contribution in [-0.4, -0.2) is 24.3 Å². The molecule has 0 aromatic rings. The van der Waals surface area contributed by atoms with Gasteiger partial charge in [0.25, 0.3) is 0 Å². The van der Waals surface area contributed by atoms with Crippen molar-refractivity contribution in [3.63, 3.8) is 0 Å². The Morgan fingerprint density at radius 1 is 1.80 bits per heavy atom. The number of hydrogen-bond donors (Lipinski definition) is 2. The molecule has 0 aromatic heterocycles. The standard InChI is InChI=1S/C6H11NO3/c1-2-5-10-6(8)3-4-7-9/h2,7,9H,1,3-5H2. The zero-order valence-corrected chi connectivity index (χ0v) is 5.67. The molecule has 2 N–H and O–H groups in total. The Morgan fingerprint density at radius 3 is 3.00 bits per heavy atom. The van der Waals surface area contributed by atoms with E-state index < -0.39 is 0 Å². The molecule has 0 aliphatic carbocycles. The topological polar surface area (TPSA) is 58.6 Å². The van der Waals surface area contributed by atoms with Crippen molar-refractivity contribution in [3.05, 3.63) is 12.7 Å². The van der Waals surface area contributed by atoms with Crippen molar-refractivity contribution in [1.29, 1.82) is 0 Å². The fourth-order valence-electron chi connectivity index (χ4n) is 0.382. The summed E-state index contributed by atoms with van der Waals surface area (Å²) < 4.78 is 4.59. The van der Waals surface area contributed by atoms with E-state index in [1.54, 1.807) is 0 Å². The second kappa shape index (κ2) is 6.25. The second-order valence-corrected chi connectivity index (χ2v) is 1.63. The van der Waals surface area contributed by atoms with Gasteiger partial charge >= 0.3 is 5.97 Å². The molecule has 0 radical (unpaired) electrons. The van der Waals surface area contributed by atoms with Crippen LogP contribution in [0.1, 0.15) is 6.42 Å². The summed E-state index contributed by atoms with van der Waals surface area (Å²) in [5, 5.41) is 8.06. The molecule has 10 heavy (non-hydrogen) atoms.